The van der Waals surface area contributed by atoms with Gasteiger partial charge in [0.15, 0.2) is 6.54 Å². The minimum Gasteiger partial charge on any atom is -1.00 e. The maximum absolute atomic E-state index is 11.6. The molecule has 0 radical (unpaired) electrons. The monoisotopic (exact) mass is 458 g/mol. The van der Waals surface area contributed by atoms with E-state index in [4.69, 9.17) is 23.2 Å². The van der Waals surface area contributed by atoms with Gasteiger partial charge in [0, 0.05) is 11.3 Å². The first-order chi connectivity index (χ1) is 11.6. The molecule has 7 heteroatoms. The Morgan fingerprint density at radius 1 is 1.08 bits per heavy atom. The van der Waals surface area contributed by atoms with Crippen LogP contribution in [-0.2, 0) is 5.72 Å². The van der Waals surface area contributed by atoms with Crippen LogP contribution in [0.15, 0.2) is 48.5 Å². The van der Waals surface area contributed by atoms with Crippen LogP contribution in [0.1, 0.15) is 12.0 Å². The highest BCUT2D eigenvalue weighted by molar-refractivity contribution is 8.13. The van der Waals surface area contributed by atoms with Crippen molar-refractivity contribution in [3.63, 3.8) is 0 Å². The van der Waals surface area contributed by atoms with E-state index in [2.05, 4.69) is 21.6 Å². The molecule has 0 amide bonds. The summed E-state index contributed by atoms with van der Waals surface area (Å²) in [4.78, 5) is 2.19. The lowest BCUT2D eigenvalue weighted by molar-refractivity contribution is -0.656. The largest absolute Gasteiger partial charge is 1.00 e. The first-order valence-corrected chi connectivity index (χ1v) is 9.62. The summed E-state index contributed by atoms with van der Waals surface area (Å²) in [6.07, 6.45) is 1.04. The average molecular weight is 460 g/mol. The first kappa shape index (κ1) is 19.1. The Hall–Kier alpha value is -0.720. The third kappa shape index (κ3) is 3.33. The lowest BCUT2D eigenvalue weighted by atomic mass is 10.0. The number of aliphatic hydroxyl groups is 1. The summed E-state index contributed by atoms with van der Waals surface area (Å²) in [6.45, 7) is 1.29. The molecule has 4 rings (SSSR count). The van der Waals surface area contributed by atoms with Gasteiger partial charge in [0.1, 0.15) is 5.69 Å². The molecule has 0 saturated carbocycles. The summed E-state index contributed by atoms with van der Waals surface area (Å²) in [6, 6.07) is 15.6. The summed E-state index contributed by atoms with van der Waals surface area (Å²) in [5.74, 6) is 1.06. The molecule has 0 bridgehead atoms. The van der Waals surface area contributed by atoms with Crippen LogP contribution in [0, 0.1) is 0 Å². The summed E-state index contributed by atoms with van der Waals surface area (Å²) in [7, 11) is 0. The van der Waals surface area contributed by atoms with Crippen LogP contribution in [0.4, 0.5) is 5.69 Å². The molecular formula is C18H17BrCl2N2OS. The van der Waals surface area contributed by atoms with Crippen molar-refractivity contribution in [1.82, 2.24) is 0 Å². The van der Waals surface area contributed by atoms with E-state index in [-0.39, 0.29) is 17.0 Å². The molecule has 1 atom stereocenters. The molecule has 2 aliphatic heterocycles. The van der Waals surface area contributed by atoms with Gasteiger partial charge in [0.25, 0.3) is 5.72 Å². The van der Waals surface area contributed by atoms with Crippen molar-refractivity contribution in [1.29, 1.82) is 0 Å². The molecule has 0 fully saturated rings. The quantitative estimate of drug-likeness (QED) is 0.683. The van der Waals surface area contributed by atoms with E-state index >= 15 is 0 Å². The lowest BCUT2D eigenvalue weighted by Crippen LogP contribution is -3.00. The molecule has 2 aliphatic rings. The molecule has 132 valence electrons. The molecule has 0 aliphatic carbocycles. The Morgan fingerprint density at radius 3 is 2.56 bits per heavy atom. The smallest absolute Gasteiger partial charge is 0.316 e. The molecule has 3 nitrogen and oxygen atoms in total. The molecule has 1 unspecified atom stereocenters. The molecule has 2 aromatic rings. The predicted molar refractivity (Wildman–Crippen MR) is 101 cm³/mol. The summed E-state index contributed by atoms with van der Waals surface area (Å²) < 4.78 is 2.09. The van der Waals surface area contributed by atoms with Gasteiger partial charge >= 0.3 is 5.17 Å². The minimum atomic E-state index is -1.10. The van der Waals surface area contributed by atoms with Crippen LogP contribution in [0.2, 0.25) is 10.0 Å². The second-order valence-corrected chi connectivity index (χ2v) is 7.88. The van der Waals surface area contributed by atoms with Crippen molar-refractivity contribution in [3.8, 4) is 0 Å². The molecule has 0 saturated heterocycles. The van der Waals surface area contributed by atoms with Crippen LogP contribution < -0.4 is 21.9 Å². The number of nitrogens with zero attached hydrogens (tertiary/aromatic N) is 2. The Labute approximate surface area is 172 Å². The molecule has 0 aromatic heterocycles. The SMILES string of the molecule is OC1(c2ccc(Cl)c(Cl)c2)CN(c2ccccc2)C2=[N+]1CCCS2.[Br-]. The van der Waals surface area contributed by atoms with Gasteiger partial charge in [-0.1, -0.05) is 47.5 Å². The van der Waals surface area contributed by atoms with Crippen LogP contribution in [0.5, 0.6) is 0 Å². The van der Waals surface area contributed by atoms with Crippen molar-refractivity contribution in [3.05, 3.63) is 64.1 Å². The zero-order valence-corrected chi connectivity index (χ0v) is 17.2. The van der Waals surface area contributed by atoms with E-state index in [0.717, 1.165) is 35.1 Å². The molecule has 0 spiro atoms. The fraction of sp³-hybridized carbons (Fsp3) is 0.278. The van der Waals surface area contributed by atoms with Gasteiger partial charge in [-0.3, -0.25) is 0 Å². The number of rotatable bonds is 2. The van der Waals surface area contributed by atoms with Crippen molar-refractivity contribution in [2.24, 2.45) is 0 Å². The summed E-state index contributed by atoms with van der Waals surface area (Å²) in [5, 5.41) is 13.6. The average Bonchev–Trinajstić information content (AvgIpc) is 2.93. The van der Waals surface area contributed by atoms with Gasteiger partial charge in [0.05, 0.1) is 16.6 Å². The standard InChI is InChI=1S/C18H17Cl2N2OS.BrH/c19-15-8-7-13(11-16(15)20)18(23)12-21(14-5-2-1-3-6-14)17-22(18)9-4-10-24-17;/h1-3,5-8,11,23H,4,9-10,12H2;1H/q+1;/p-1. The third-order valence-electron chi connectivity index (χ3n) is 4.49. The number of para-hydroxylation sites is 1. The molecule has 2 aromatic carbocycles. The second-order valence-electron chi connectivity index (χ2n) is 6.00. The fourth-order valence-electron chi connectivity index (χ4n) is 3.30. The number of halogens is 3. The zero-order valence-electron chi connectivity index (χ0n) is 13.3. The van der Waals surface area contributed by atoms with Crippen LogP contribution in [0.25, 0.3) is 0 Å². The number of anilines is 1. The number of hydrogen-bond donors (Lipinski definition) is 1. The summed E-state index contributed by atoms with van der Waals surface area (Å²) in [5.41, 5.74) is 0.755. The van der Waals surface area contributed by atoms with E-state index in [1.165, 1.54) is 0 Å². The fourth-order valence-corrected chi connectivity index (χ4v) is 4.78. The molecule has 2 heterocycles. The topological polar surface area (TPSA) is 26.5 Å². The second kappa shape index (κ2) is 7.49. The van der Waals surface area contributed by atoms with E-state index in [1.54, 1.807) is 23.9 Å². The number of thioether (sulfide) groups is 1. The Kier molecular flexibility index (Phi) is 5.71. The van der Waals surface area contributed by atoms with Crippen molar-refractivity contribution in [2.75, 3.05) is 23.7 Å². The highest BCUT2D eigenvalue weighted by Crippen LogP contribution is 2.38. The van der Waals surface area contributed by atoms with E-state index in [9.17, 15) is 5.11 Å². The van der Waals surface area contributed by atoms with Gasteiger partial charge in [-0.2, -0.15) is 0 Å². The zero-order chi connectivity index (χ0) is 16.7. The van der Waals surface area contributed by atoms with Crippen LogP contribution in [-0.4, -0.2) is 33.7 Å². The third-order valence-corrected chi connectivity index (χ3v) is 6.42. The van der Waals surface area contributed by atoms with Gasteiger partial charge in [-0.05, 0) is 42.4 Å². The van der Waals surface area contributed by atoms with Gasteiger partial charge in [0.2, 0.25) is 0 Å². The van der Waals surface area contributed by atoms with Crippen LogP contribution in [0.3, 0.4) is 0 Å². The van der Waals surface area contributed by atoms with E-state index in [0.29, 0.717) is 16.6 Å². The van der Waals surface area contributed by atoms with Crippen molar-refractivity contribution in [2.45, 2.75) is 12.1 Å². The van der Waals surface area contributed by atoms with Crippen molar-refractivity contribution < 1.29 is 26.7 Å². The minimum absolute atomic E-state index is 0. The molecular weight excluding hydrogens is 443 g/mol. The Bertz CT molecular complexity index is 818. The first-order valence-electron chi connectivity index (χ1n) is 7.87. The molecule has 25 heavy (non-hydrogen) atoms. The normalized spacial score (nSPS) is 22.6. The summed E-state index contributed by atoms with van der Waals surface area (Å²) >= 11 is 14.0. The highest BCUT2D eigenvalue weighted by atomic mass is 79.9. The lowest BCUT2D eigenvalue weighted by Gasteiger charge is -2.24. The van der Waals surface area contributed by atoms with E-state index in [1.807, 2.05) is 24.3 Å². The maximum Gasteiger partial charge on any atom is 0.316 e. The molecule has 1 N–H and O–H groups in total. The van der Waals surface area contributed by atoms with Gasteiger partial charge in [-0.25, -0.2) is 9.48 Å². The number of β-amino-alcohol motifs (C(OH)–C–C–N with tert-alkyl or cyclic N) is 1. The van der Waals surface area contributed by atoms with Gasteiger partial charge in [-0.15, -0.1) is 0 Å². The number of hydrogen-bond acceptors (Lipinski definition) is 3. The number of amidine groups is 1. The predicted octanol–water partition coefficient (Wildman–Crippen LogP) is 1.17. The van der Waals surface area contributed by atoms with Crippen LogP contribution >= 0.6 is 35.0 Å². The maximum atomic E-state index is 11.6. The van der Waals surface area contributed by atoms with Gasteiger partial charge < -0.3 is 22.1 Å². The highest BCUT2D eigenvalue weighted by Gasteiger charge is 2.53. The van der Waals surface area contributed by atoms with Crippen molar-refractivity contribution >= 4 is 45.8 Å². The van der Waals surface area contributed by atoms with E-state index < -0.39 is 5.72 Å². The number of benzene rings is 2. The Balaban J connectivity index is 0.00000182. The Morgan fingerprint density at radius 2 is 1.84 bits per heavy atom.